The Morgan fingerprint density at radius 1 is 1.15 bits per heavy atom. The predicted octanol–water partition coefficient (Wildman–Crippen LogP) is 4.81. The second kappa shape index (κ2) is 10.3. The molecule has 1 unspecified atom stereocenters. The lowest BCUT2D eigenvalue weighted by Gasteiger charge is -2.26. The summed E-state index contributed by atoms with van der Waals surface area (Å²) in [5, 5.41) is 2.66. The Labute approximate surface area is 204 Å². The molecule has 1 radical (unpaired) electrons. The van der Waals surface area contributed by atoms with E-state index in [-0.39, 0.29) is 25.7 Å². The van der Waals surface area contributed by atoms with Crippen LogP contribution in [0.15, 0.2) is 47.4 Å². The van der Waals surface area contributed by atoms with Crippen LogP contribution >= 0.6 is 22.9 Å². The lowest BCUT2D eigenvalue weighted by atomic mass is 10.1. The molecule has 1 saturated heterocycles. The van der Waals surface area contributed by atoms with Crippen molar-refractivity contribution in [1.82, 2.24) is 9.29 Å². The molecular formula is C22H19ClF2N3O4S2. The third-order valence-electron chi connectivity index (χ3n) is 5.17. The average Bonchev–Trinajstić information content (AvgIpc) is 3.23. The number of hydrogen-bond acceptors (Lipinski definition) is 6. The number of rotatable bonds is 7. The molecule has 1 N–H and O–H groups in total. The first-order chi connectivity index (χ1) is 16.2. The van der Waals surface area contributed by atoms with Crippen LogP contribution in [-0.4, -0.2) is 36.7 Å². The molecule has 1 atom stereocenters. The SMILES string of the molecule is O=C(Nc1n[c]c(Cl)s1)C(Oc1ccc(F)cc1F)c1ccc(S(=O)(=O)N2CCCCC2)cc1. The summed E-state index contributed by atoms with van der Waals surface area (Å²) in [6, 6.07) is 8.28. The van der Waals surface area contributed by atoms with Crippen molar-refractivity contribution in [3.63, 3.8) is 0 Å². The van der Waals surface area contributed by atoms with Gasteiger partial charge in [0.25, 0.3) is 5.91 Å². The van der Waals surface area contributed by atoms with E-state index in [1.165, 1.54) is 28.6 Å². The second-order valence-electron chi connectivity index (χ2n) is 7.50. The zero-order valence-corrected chi connectivity index (χ0v) is 20.0. The summed E-state index contributed by atoms with van der Waals surface area (Å²) in [5.74, 6) is -2.86. The van der Waals surface area contributed by atoms with Crippen LogP contribution in [0.5, 0.6) is 5.75 Å². The number of hydrogen-bond donors (Lipinski definition) is 1. The normalized spacial score (nSPS) is 15.6. The summed E-state index contributed by atoms with van der Waals surface area (Å²) < 4.78 is 60.6. The number of carbonyl (C=O) groups is 1. The first-order valence-electron chi connectivity index (χ1n) is 10.3. The number of aromatic nitrogens is 1. The van der Waals surface area contributed by atoms with Gasteiger partial charge in [-0.05, 0) is 37.1 Å². The van der Waals surface area contributed by atoms with Gasteiger partial charge in [0, 0.05) is 24.7 Å². The predicted molar refractivity (Wildman–Crippen MR) is 123 cm³/mol. The molecule has 0 bridgehead atoms. The molecule has 2 aromatic carbocycles. The van der Waals surface area contributed by atoms with Gasteiger partial charge >= 0.3 is 0 Å². The molecular weight excluding hydrogens is 508 g/mol. The Morgan fingerprint density at radius 2 is 1.85 bits per heavy atom. The summed E-state index contributed by atoms with van der Waals surface area (Å²) in [7, 11) is -3.68. The highest BCUT2D eigenvalue weighted by Crippen LogP contribution is 2.29. The smallest absolute Gasteiger partial charge is 0.271 e. The molecule has 179 valence electrons. The minimum absolute atomic E-state index is 0.0755. The number of nitrogens with one attached hydrogen (secondary N) is 1. The molecule has 34 heavy (non-hydrogen) atoms. The Kier molecular flexibility index (Phi) is 7.46. The summed E-state index contributed by atoms with van der Waals surface area (Å²) in [5.41, 5.74) is 0.255. The molecule has 2 heterocycles. The maximum Gasteiger partial charge on any atom is 0.271 e. The first-order valence-corrected chi connectivity index (χ1v) is 12.9. The molecule has 0 aliphatic carbocycles. The van der Waals surface area contributed by atoms with Crippen molar-refractivity contribution in [2.45, 2.75) is 30.3 Å². The number of amides is 1. The van der Waals surface area contributed by atoms with Crippen LogP contribution in [0.3, 0.4) is 0 Å². The van der Waals surface area contributed by atoms with Crippen LogP contribution in [0.4, 0.5) is 13.9 Å². The fourth-order valence-corrected chi connectivity index (χ4v) is 5.77. The van der Waals surface area contributed by atoms with Crippen LogP contribution in [0, 0.1) is 17.8 Å². The van der Waals surface area contributed by atoms with Crippen LogP contribution in [0.2, 0.25) is 4.34 Å². The number of benzene rings is 2. The number of carbonyl (C=O) groups excluding carboxylic acids is 1. The van der Waals surface area contributed by atoms with Crippen molar-refractivity contribution in [3.05, 3.63) is 70.2 Å². The molecule has 1 amide bonds. The first kappa shape index (κ1) is 24.5. The van der Waals surface area contributed by atoms with Gasteiger partial charge in [0.2, 0.25) is 16.1 Å². The number of piperidine rings is 1. The van der Waals surface area contributed by atoms with Crippen molar-refractivity contribution < 1.29 is 26.7 Å². The third kappa shape index (κ3) is 5.54. The van der Waals surface area contributed by atoms with Gasteiger partial charge in [0.1, 0.15) is 16.4 Å². The van der Waals surface area contributed by atoms with Gasteiger partial charge in [-0.15, -0.1) is 0 Å². The van der Waals surface area contributed by atoms with E-state index in [0.29, 0.717) is 19.2 Å². The summed E-state index contributed by atoms with van der Waals surface area (Å²) in [6.45, 7) is 0.908. The lowest BCUT2D eigenvalue weighted by Crippen LogP contribution is -2.35. The molecule has 12 heteroatoms. The molecule has 3 aromatic rings. The van der Waals surface area contributed by atoms with Crippen LogP contribution < -0.4 is 10.1 Å². The van der Waals surface area contributed by atoms with Gasteiger partial charge < -0.3 is 4.74 Å². The monoisotopic (exact) mass is 526 g/mol. The summed E-state index contributed by atoms with van der Waals surface area (Å²) >= 11 is 6.77. The van der Waals surface area contributed by atoms with Gasteiger partial charge in [-0.25, -0.2) is 22.2 Å². The van der Waals surface area contributed by atoms with Crippen molar-refractivity contribution in [2.24, 2.45) is 0 Å². The van der Waals surface area contributed by atoms with E-state index in [4.69, 9.17) is 16.3 Å². The number of halogens is 3. The largest absolute Gasteiger partial charge is 0.473 e. The maximum absolute atomic E-state index is 14.2. The fourth-order valence-electron chi connectivity index (χ4n) is 3.49. The minimum atomic E-state index is -3.68. The van der Waals surface area contributed by atoms with Gasteiger partial charge in [0.15, 0.2) is 16.7 Å². The Bertz CT molecular complexity index is 1280. The molecule has 1 aromatic heterocycles. The third-order valence-corrected chi connectivity index (χ3v) is 8.06. The van der Waals surface area contributed by atoms with Gasteiger partial charge in [0.05, 0.1) is 4.90 Å². The molecule has 4 rings (SSSR count). The number of thiazole rings is 1. The number of sulfonamides is 1. The molecule has 0 spiro atoms. The standard InChI is InChI=1S/C22H19ClF2N3O4S2/c23-19-13-26-22(33-19)27-21(29)20(32-18-9-6-15(24)12-17(18)25)14-4-7-16(8-5-14)34(30,31)28-10-2-1-3-11-28/h4-9,12,20H,1-3,10-11H2,(H,26,27,29). The van der Waals surface area contributed by atoms with E-state index in [2.05, 4.69) is 16.5 Å². The summed E-state index contributed by atoms with van der Waals surface area (Å²) in [6.07, 6.45) is 3.67. The van der Waals surface area contributed by atoms with Crippen LogP contribution in [0.25, 0.3) is 0 Å². The molecule has 7 nitrogen and oxygen atoms in total. The lowest BCUT2D eigenvalue weighted by molar-refractivity contribution is -0.123. The number of nitrogens with zero attached hydrogens (tertiary/aromatic N) is 2. The average molecular weight is 527 g/mol. The van der Waals surface area contributed by atoms with Gasteiger partial charge in [-0.1, -0.05) is 41.5 Å². The maximum atomic E-state index is 14.2. The Morgan fingerprint density at radius 3 is 2.47 bits per heavy atom. The van der Waals surface area contributed by atoms with Crippen LogP contribution in [-0.2, 0) is 14.8 Å². The van der Waals surface area contributed by atoms with E-state index in [9.17, 15) is 22.0 Å². The highest BCUT2D eigenvalue weighted by Gasteiger charge is 2.28. The molecule has 1 fully saturated rings. The van der Waals surface area contributed by atoms with E-state index < -0.39 is 33.7 Å². The molecule has 1 aliphatic heterocycles. The van der Waals surface area contributed by atoms with E-state index >= 15 is 0 Å². The van der Waals surface area contributed by atoms with Gasteiger partial charge in [-0.2, -0.15) is 4.31 Å². The molecule has 1 aliphatic rings. The number of anilines is 1. The van der Waals surface area contributed by atoms with E-state index in [0.717, 1.165) is 42.7 Å². The van der Waals surface area contributed by atoms with Crippen LogP contribution in [0.1, 0.15) is 30.9 Å². The minimum Gasteiger partial charge on any atom is -0.473 e. The van der Waals surface area contributed by atoms with Crippen molar-refractivity contribution in [3.8, 4) is 5.75 Å². The van der Waals surface area contributed by atoms with E-state index in [1.54, 1.807) is 0 Å². The van der Waals surface area contributed by atoms with Crippen molar-refractivity contribution in [2.75, 3.05) is 18.4 Å². The summed E-state index contributed by atoms with van der Waals surface area (Å²) in [4.78, 5) is 16.9. The fraction of sp³-hybridized carbons (Fsp3) is 0.273. The zero-order valence-electron chi connectivity index (χ0n) is 17.6. The number of ether oxygens (including phenoxy) is 1. The Hall–Kier alpha value is -2.60. The second-order valence-corrected chi connectivity index (χ2v) is 11.0. The van der Waals surface area contributed by atoms with Crippen molar-refractivity contribution >= 4 is 44.0 Å². The van der Waals surface area contributed by atoms with Gasteiger partial charge in [-0.3, -0.25) is 10.1 Å². The molecule has 0 saturated carbocycles. The van der Waals surface area contributed by atoms with Crippen molar-refractivity contribution in [1.29, 1.82) is 0 Å². The van der Waals surface area contributed by atoms with E-state index in [1.807, 2.05) is 0 Å². The highest BCUT2D eigenvalue weighted by atomic mass is 35.5. The zero-order chi connectivity index (χ0) is 24.3. The highest BCUT2D eigenvalue weighted by molar-refractivity contribution is 7.89. The Balaban J connectivity index is 1.62. The topological polar surface area (TPSA) is 88.6 Å². The quantitative estimate of drug-likeness (QED) is 0.477.